The fourth-order valence-electron chi connectivity index (χ4n) is 6.02. The van der Waals surface area contributed by atoms with Gasteiger partial charge in [0.15, 0.2) is 5.79 Å². The Morgan fingerprint density at radius 1 is 1.14 bits per heavy atom. The number of ether oxygens (including phenoxy) is 2. The van der Waals surface area contributed by atoms with Gasteiger partial charge in [-0.25, -0.2) is 4.79 Å². The number of aryl methyl sites for hydroxylation is 1. The number of benzene rings is 1. The van der Waals surface area contributed by atoms with Crippen molar-refractivity contribution in [3.05, 3.63) is 35.9 Å². The summed E-state index contributed by atoms with van der Waals surface area (Å²) in [5.74, 6) is -0.392. The summed E-state index contributed by atoms with van der Waals surface area (Å²) in [6, 6.07) is 10.4. The Kier molecular flexibility index (Phi) is 8.81. The molecule has 8 heteroatoms. The number of carbonyl (C=O) groups is 2. The van der Waals surface area contributed by atoms with Gasteiger partial charge in [-0.2, -0.15) is 0 Å². The number of rotatable bonds is 8. The quantitative estimate of drug-likeness (QED) is 0.609. The van der Waals surface area contributed by atoms with Crippen LogP contribution in [0.1, 0.15) is 37.7 Å². The van der Waals surface area contributed by atoms with E-state index in [4.69, 9.17) is 9.47 Å². The summed E-state index contributed by atoms with van der Waals surface area (Å²) in [4.78, 5) is 32.7. The first kappa shape index (κ1) is 26.1. The van der Waals surface area contributed by atoms with Gasteiger partial charge >= 0.3 is 6.03 Å². The molecule has 3 aliphatic rings. The molecule has 1 aliphatic carbocycles. The van der Waals surface area contributed by atoms with Crippen LogP contribution in [0.3, 0.4) is 0 Å². The van der Waals surface area contributed by atoms with Gasteiger partial charge in [-0.05, 0) is 58.3 Å². The van der Waals surface area contributed by atoms with Crippen LogP contribution in [0.25, 0.3) is 0 Å². The highest BCUT2D eigenvalue weighted by Crippen LogP contribution is 2.45. The van der Waals surface area contributed by atoms with Crippen LogP contribution in [0.5, 0.6) is 0 Å². The number of amides is 3. The van der Waals surface area contributed by atoms with Crippen molar-refractivity contribution >= 4 is 11.9 Å². The van der Waals surface area contributed by atoms with Gasteiger partial charge in [0, 0.05) is 45.1 Å². The lowest BCUT2D eigenvalue weighted by Crippen LogP contribution is -2.57. The molecular weight excluding hydrogens is 444 g/mol. The van der Waals surface area contributed by atoms with Crippen LogP contribution in [0.4, 0.5) is 4.79 Å². The van der Waals surface area contributed by atoms with Crippen LogP contribution in [0.15, 0.2) is 30.3 Å². The Hall–Kier alpha value is -2.00. The Bertz CT molecular complexity index is 843. The molecule has 35 heavy (non-hydrogen) atoms. The van der Waals surface area contributed by atoms with Crippen molar-refractivity contribution in [2.24, 2.45) is 11.8 Å². The molecule has 1 N–H and O–H groups in total. The Morgan fingerprint density at radius 2 is 1.89 bits per heavy atom. The zero-order valence-electron chi connectivity index (χ0n) is 21.6. The number of nitrogens with one attached hydrogen (secondary N) is 1. The van der Waals surface area contributed by atoms with E-state index in [-0.39, 0.29) is 17.9 Å². The van der Waals surface area contributed by atoms with Crippen molar-refractivity contribution in [1.82, 2.24) is 20.0 Å². The van der Waals surface area contributed by atoms with Crippen molar-refractivity contribution in [3.63, 3.8) is 0 Å². The minimum atomic E-state index is -0.466. The predicted octanol–water partition coefficient (Wildman–Crippen LogP) is 2.58. The number of fused-ring (bicyclic) bond motifs is 1. The minimum Gasteiger partial charge on any atom is -0.348 e. The summed E-state index contributed by atoms with van der Waals surface area (Å²) < 4.78 is 12.0. The van der Waals surface area contributed by atoms with Crippen LogP contribution < -0.4 is 5.32 Å². The van der Waals surface area contributed by atoms with E-state index < -0.39 is 5.79 Å². The van der Waals surface area contributed by atoms with Crippen LogP contribution in [-0.4, -0.2) is 99.0 Å². The second kappa shape index (κ2) is 11.8. The molecule has 4 rings (SSSR count). The number of urea groups is 1. The maximum Gasteiger partial charge on any atom is 0.324 e. The zero-order valence-corrected chi connectivity index (χ0v) is 21.6. The largest absolute Gasteiger partial charge is 0.348 e. The number of hydrogen-bond donors (Lipinski definition) is 1. The molecule has 3 fully saturated rings. The highest BCUT2D eigenvalue weighted by molar-refractivity contribution is 5.95. The third-order valence-electron chi connectivity index (χ3n) is 7.80. The molecule has 1 spiro atoms. The second-order valence-electron chi connectivity index (χ2n) is 10.7. The number of carbonyl (C=O) groups excluding carboxylic acids is 2. The summed E-state index contributed by atoms with van der Waals surface area (Å²) in [6.45, 7) is 3.66. The fourth-order valence-corrected chi connectivity index (χ4v) is 6.02. The van der Waals surface area contributed by atoms with E-state index in [2.05, 4.69) is 29.4 Å². The first-order valence-electron chi connectivity index (χ1n) is 13.1. The SMILES string of the molecule is CN(C)CCNC(=O)N(CCCc1ccccc1)C(=O)[C@@H]1C[C@@H]2CC3(CC[C@H]2N(C)C1)OCCO3. The number of piperidine rings is 1. The lowest BCUT2D eigenvalue weighted by atomic mass is 9.72. The monoisotopic (exact) mass is 486 g/mol. The number of imide groups is 1. The van der Waals surface area contributed by atoms with Crippen molar-refractivity contribution in [1.29, 1.82) is 0 Å². The highest BCUT2D eigenvalue weighted by Gasteiger charge is 2.49. The van der Waals surface area contributed by atoms with E-state index in [1.165, 1.54) is 10.5 Å². The van der Waals surface area contributed by atoms with Gasteiger partial charge in [-0.15, -0.1) is 0 Å². The van der Waals surface area contributed by atoms with Gasteiger partial charge in [-0.1, -0.05) is 30.3 Å². The Labute approximate surface area is 209 Å². The van der Waals surface area contributed by atoms with Crippen LogP contribution in [0.2, 0.25) is 0 Å². The molecule has 3 atom stereocenters. The van der Waals surface area contributed by atoms with Gasteiger partial charge < -0.3 is 24.6 Å². The minimum absolute atomic E-state index is 0.0569. The summed E-state index contributed by atoms with van der Waals surface area (Å²) in [5, 5.41) is 2.96. The molecule has 0 radical (unpaired) electrons. The third-order valence-corrected chi connectivity index (χ3v) is 7.80. The van der Waals surface area contributed by atoms with Gasteiger partial charge in [-0.3, -0.25) is 9.69 Å². The standard InChI is InChI=1S/C27H42N4O4/c1-29(2)15-13-28-26(33)31(14-7-10-21-8-5-4-6-9-21)25(32)23-18-22-19-27(34-16-17-35-27)12-11-24(22)30(3)20-23/h4-6,8-9,22-24H,7,10-20H2,1-3H3,(H,28,33)/t22-,23-,24-/m1/s1. The average Bonchev–Trinajstić information content (AvgIpc) is 3.28. The third kappa shape index (κ3) is 6.61. The molecule has 194 valence electrons. The van der Waals surface area contributed by atoms with E-state index in [0.29, 0.717) is 44.8 Å². The molecular formula is C27H42N4O4. The van der Waals surface area contributed by atoms with Gasteiger partial charge in [0.05, 0.1) is 19.1 Å². The predicted molar refractivity (Wildman–Crippen MR) is 135 cm³/mol. The second-order valence-corrected chi connectivity index (χ2v) is 10.7. The molecule has 2 heterocycles. The molecule has 1 saturated carbocycles. The first-order valence-corrected chi connectivity index (χ1v) is 13.1. The normalized spacial score (nSPS) is 26.0. The highest BCUT2D eigenvalue weighted by atomic mass is 16.7. The lowest BCUT2D eigenvalue weighted by Gasteiger charge is -2.49. The molecule has 1 aromatic rings. The van der Waals surface area contributed by atoms with E-state index in [0.717, 1.165) is 45.1 Å². The number of likely N-dealkylation sites (tertiary alicyclic amines) is 1. The number of likely N-dealkylation sites (N-methyl/N-ethyl adjacent to an activating group) is 1. The molecule has 0 aromatic heterocycles. The molecule has 1 aromatic carbocycles. The summed E-state index contributed by atoms with van der Waals surface area (Å²) in [6.07, 6.45) is 5.13. The maximum absolute atomic E-state index is 13.8. The summed E-state index contributed by atoms with van der Waals surface area (Å²) >= 11 is 0. The summed E-state index contributed by atoms with van der Waals surface area (Å²) in [5.41, 5.74) is 1.22. The fraction of sp³-hybridized carbons (Fsp3) is 0.704. The first-order chi connectivity index (χ1) is 16.9. The van der Waals surface area contributed by atoms with Gasteiger partial charge in [0.25, 0.3) is 0 Å². The van der Waals surface area contributed by atoms with Crippen LogP contribution in [-0.2, 0) is 20.7 Å². The molecule has 8 nitrogen and oxygen atoms in total. The van der Waals surface area contributed by atoms with Crippen molar-refractivity contribution in [3.8, 4) is 0 Å². The van der Waals surface area contributed by atoms with Gasteiger partial charge in [0.1, 0.15) is 0 Å². The van der Waals surface area contributed by atoms with E-state index in [1.54, 1.807) is 0 Å². The molecule has 0 bridgehead atoms. The van der Waals surface area contributed by atoms with E-state index >= 15 is 0 Å². The Balaban J connectivity index is 1.41. The van der Waals surface area contributed by atoms with E-state index in [1.807, 2.05) is 37.2 Å². The maximum atomic E-state index is 13.8. The Morgan fingerprint density at radius 3 is 2.60 bits per heavy atom. The topological polar surface area (TPSA) is 74.4 Å². The smallest absolute Gasteiger partial charge is 0.324 e. The summed E-state index contributed by atoms with van der Waals surface area (Å²) in [7, 11) is 6.05. The van der Waals surface area contributed by atoms with Gasteiger partial charge in [0.2, 0.25) is 5.91 Å². The van der Waals surface area contributed by atoms with Crippen molar-refractivity contribution in [2.75, 3.05) is 60.5 Å². The van der Waals surface area contributed by atoms with Crippen LogP contribution in [0, 0.1) is 11.8 Å². The average molecular weight is 487 g/mol. The lowest BCUT2D eigenvalue weighted by molar-refractivity contribution is -0.202. The molecule has 2 aliphatic heterocycles. The zero-order chi connectivity index (χ0) is 24.8. The van der Waals surface area contributed by atoms with Crippen molar-refractivity contribution < 1.29 is 19.1 Å². The molecule has 0 unspecified atom stereocenters. The number of nitrogens with zero attached hydrogens (tertiary/aromatic N) is 3. The van der Waals surface area contributed by atoms with Crippen LogP contribution >= 0.6 is 0 Å². The van der Waals surface area contributed by atoms with Crippen molar-refractivity contribution in [2.45, 2.75) is 50.4 Å². The van der Waals surface area contributed by atoms with E-state index in [9.17, 15) is 9.59 Å². The molecule has 2 saturated heterocycles. The number of hydrogen-bond acceptors (Lipinski definition) is 6. The molecule has 3 amide bonds.